The molecular formula is C10H10BrN3O2S. The van der Waals surface area contributed by atoms with Gasteiger partial charge in [-0.15, -0.1) is 0 Å². The number of aromatic nitrogens is 3. The van der Waals surface area contributed by atoms with Gasteiger partial charge in [-0.25, -0.2) is 0 Å². The molecule has 0 aliphatic rings. The quantitative estimate of drug-likeness (QED) is 0.867. The van der Waals surface area contributed by atoms with E-state index in [0.717, 1.165) is 4.47 Å². The lowest BCUT2D eigenvalue weighted by atomic mass is 10.4. The van der Waals surface area contributed by atoms with Gasteiger partial charge < -0.3 is 9.47 Å². The highest BCUT2D eigenvalue weighted by molar-refractivity contribution is 9.10. The van der Waals surface area contributed by atoms with Crippen molar-refractivity contribution < 1.29 is 9.47 Å². The van der Waals surface area contributed by atoms with Crippen LogP contribution in [0.2, 0.25) is 0 Å². The molecule has 7 heteroatoms. The monoisotopic (exact) mass is 315 g/mol. The summed E-state index contributed by atoms with van der Waals surface area (Å²) in [6, 6.07) is 1.81. The Morgan fingerprint density at radius 3 is 2.94 bits per heavy atom. The van der Waals surface area contributed by atoms with Gasteiger partial charge in [0.05, 0.1) is 6.20 Å². The summed E-state index contributed by atoms with van der Waals surface area (Å²) in [5.41, 5.74) is 0. The fourth-order valence-corrected chi connectivity index (χ4v) is 2.05. The second-order valence-corrected chi connectivity index (χ2v) is 4.87. The van der Waals surface area contributed by atoms with Gasteiger partial charge in [-0.1, -0.05) is 0 Å². The SMILES string of the molecule is COC(C)c1nsc(Oc2cncc(Br)c2)n1. The molecule has 0 radical (unpaired) electrons. The summed E-state index contributed by atoms with van der Waals surface area (Å²) in [7, 11) is 1.62. The molecule has 1 atom stereocenters. The fraction of sp³-hybridized carbons (Fsp3) is 0.300. The van der Waals surface area contributed by atoms with Gasteiger partial charge in [-0.3, -0.25) is 4.98 Å². The van der Waals surface area contributed by atoms with Gasteiger partial charge in [0.25, 0.3) is 5.19 Å². The van der Waals surface area contributed by atoms with Crippen LogP contribution in [0, 0.1) is 0 Å². The fourth-order valence-electron chi connectivity index (χ4n) is 1.08. The molecule has 2 aromatic heterocycles. The van der Waals surface area contributed by atoms with Crippen LogP contribution >= 0.6 is 27.5 Å². The van der Waals surface area contributed by atoms with Crippen molar-refractivity contribution in [3.05, 3.63) is 28.8 Å². The first-order chi connectivity index (χ1) is 8.19. The van der Waals surface area contributed by atoms with Gasteiger partial charge in [0.2, 0.25) is 0 Å². The Bertz CT molecular complexity index is 506. The lowest BCUT2D eigenvalue weighted by molar-refractivity contribution is 0.113. The Morgan fingerprint density at radius 1 is 1.41 bits per heavy atom. The molecule has 0 fully saturated rings. The summed E-state index contributed by atoms with van der Waals surface area (Å²) >= 11 is 4.51. The first kappa shape index (κ1) is 12.4. The zero-order valence-electron chi connectivity index (χ0n) is 9.25. The number of pyridine rings is 1. The molecule has 0 spiro atoms. The third kappa shape index (κ3) is 3.21. The summed E-state index contributed by atoms with van der Waals surface area (Å²) in [6.45, 7) is 1.88. The number of rotatable bonds is 4. The van der Waals surface area contributed by atoms with E-state index in [4.69, 9.17) is 9.47 Å². The van der Waals surface area contributed by atoms with Gasteiger partial charge in [-0.05, 0) is 28.9 Å². The third-order valence-electron chi connectivity index (χ3n) is 2.03. The summed E-state index contributed by atoms with van der Waals surface area (Å²) in [4.78, 5) is 8.22. The van der Waals surface area contributed by atoms with Crippen molar-refractivity contribution in [2.24, 2.45) is 0 Å². The number of nitrogens with zero attached hydrogens (tertiary/aromatic N) is 3. The molecule has 5 nitrogen and oxygen atoms in total. The number of methoxy groups -OCH3 is 1. The van der Waals surface area contributed by atoms with Crippen molar-refractivity contribution in [3.8, 4) is 10.9 Å². The van der Waals surface area contributed by atoms with Crippen LogP contribution in [-0.2, 0) is 4.74 Å². The van der Waals surface area contributed by atoms with E-state index in [9.17, 15) is 0 Å². The van der Waals surface area contributed by atoms with E-state index in [1.807, 2.05) is 13.0 Å². The highest BCUT2D eigenvalue weighted by atomic mass is 79.9. The molecule has 0 saturated heterocycles. The van der Waals surface area contributed by atoms with Crippen molar-refractivity contribution in [1.29, 1.82) is 0 Å². The van der Waals surface area contributed by atoms with Crippen molar-refractivity contribution in [1.82, 2.24) is 14.3 Å². The summed E-state index contributed by atoms with van der Waals surface area (Å²) in [5, 5.41) is 0.476. The Kier molecular flexibility index (Phi) is 4.03. The van der Waals surface area contributed by atoms with Gasteiger partial charge in [0, 0.05) is 29.3 Å². The number of hydrogen-bond acceptors (Lipinski definition) is 6. The zero-order chi connectivity index (χ0) is 12.3. The van der Waals surface area contributed by atoms with E-state index in [2.05, 4.69) is 30.3 Å². The van der Waals surface area contributed by atoms with Crippen molar-refractivity contribution in [3.63, 3.8) is 0 Å². The molecule has 17 heavy (non-hydrogen) atoms. The van der Waals surface area contributed by atoms with Gasteiger partial charge in [0.1, 0.15) is 11.9 Å². The predicted octanol–water partition coefficient (Wildman–Crippen LogP) is 3.20. The van der Waals surface area contributed by atoms with E-state index >= 15 is 0 Å². The number of hydrogen-bond donors (Lipinski definition) is 0. The molecule has 2 aromatic rings. The van der Waals surface area contributed by atoms with Crippen LogP contribution in [0.25, 0.3) is 0 Å². The summed E-state index contributed by atoms with van der Waals surface area (Å²) < 4.78 is 15.7. The van der Waals surface area contributed by atoms with E-state index < -0.39 is 0 Å². The van der Waals surface area contributed by atoms with Gasteiger partial charge in [0.15, 0.2) is 5.82 Å². The number of ether oxygens (including phenoxy) is 2. The maximum atomic E-state index is 5.53. The second-order valence-electron chi connectivity index (χ2n) is 3.24. The van der Waals surface area contributed by atoms with E-state index in [1.165, 1.54) is 11.5 Å². The van der Waals surface area contributed by atoms with Crippen molar-refractivity contribution >= 4 is 27.5 Å². The van der Waals surface area contributed by atoms with E-state index in [-0.39, 0.29) is 6.10 Å². The molecule has 0 aliphatic carbocycles. The van der Waals surface area contributed by atoms with E-state index in [1.54, 1.807) is 19.5 Å². The predicted molar refractivity (Wildman–Crippen MR) is 67.3 cm³/mol. The molecular weight excluding hydrogens is 306 g/mol. The molecule has 90 valence electrons. The third-order valence-corrected chi connectivity index (χ3v) is 3.07. The maximum absolute atomic E-state index is 5.53. The molecule has 2 rings (SSSR count). The van der Waals surface area contributed by atoms with Crippen molar-refractivity contribution in [2.45, 2.75) is 13.0 Å². The standard InChI is InChI=1S/C10H10BrN3O2S/c1-6(15-2)9-13-10(17-14-9)16-8-3-7(11)4-12-5-8/h3-6H,1-2H3. The Balaban J connectivity index is 2.11. The Morgan fingerprint density at radius 2 is 2.24 bits per heavy atom. The summed E-state index contributed by atoms with van der Waals surface area (Å²) in [6.07, 6.45) is 3.17. The van der Waals surface area contributed by atoms with Crippen LogP contribution < -0.4 is 4.74 Å². The first-order valence-electron chi connectivity index (χ1n) is 4.84. The Labute approximate surface area is 111 Å². The minimum atomic E-state index is -0.135. The van der Waals surface area contributed by atoms with Crippen LogP contribution in [0.15, 0.2) is 22.9 Å². The molecule has 0 saturated carbocycles. The van der Waals surface area contributed by atoms with Gasteiger partial charge >= 0.3 is 0 Å². The lowest BCUT2D eigenvalue weighted by Gasteiger charge is -2.02. The minimum absolute atomic E-state index is 0.135. The highest BCUT2D eigenvalue weighted by Crippen LogP contribution is 2.26. The molecule has 0 aliphatic heterocycles. The van der Waals surface area contributed by atoms with E-state index in [0.29, 0.717) is 16.8 Å². The molecule has 0 N–H and O–H groups in total. The molecule has 0 amide bonds. The van der Waals surface area contributed by atoms with Crippen LogP contribution in [-0.4, -0.2) is 21.5 Å². The topological polar surface area (TPSA) is 57.1 Å². The maximum Gasteiger partial charge on any atom is 0.298 e. The Hall–Kier alpha value is -1.05. The van der Waals surface area contributed by atoms with Crippen molar-refractivity contribution in [2.75, 3.05) is 7.11 Å². The summed E-state index contributed by atoms with van der Waals surface area (Å²) in [5.74, 6) is 1.24. The highest BCUT2D eigenvalue weighted by Gasteiger charge is 2.12. The average Bonchev–Trinajstić information content (AvgIpc) is 2.76. The van der Waals surface area contributed by atoms with Gasteiger partial charge in [-0.2, -0.15) is 9.36 Å². The van der Waals surface area contributed by atoms with Crippen LogP contribution in [0.3, 0.4) is 0 Å². The molecule has 0 aromatic carbocycles. The normalized spacial score (nSPS) is 12.4. The number of halogens is 1. The molecule has 1 unspecified atom stereocenters. The largest absolute Gasteiger partial charge is 0.428 e. The molecule has 0 bridgehead atoms. The molecule has 2 heterocycles. The minimum Gasteiger partial charge on any atom is -0.428 e. The average molecular weight is 316 g/mol. The van der Waals surface area contributed by atoms with Crippen LogP contribution in [0.1, 0.15) is 18.9 Å². The second kappa shape index (κ2) is 5.52. The van der Waals surface area contributed by atoms with Crippen LogP contribution in [0.5, 0.6) is 10.9 Å². The first-order valence-corrected chi connectivity index (χ1v) is 6.40. The lowest BCUT2D eigenvalue weighted by Crippen LogP contribution is -1.97. The zero-order valence-corrected chi connectivity index (χ0v) is 11.7. The van der Waals surface area contributed by atoms with Crippen LogP contribution in [0.4, 0.5) is 0 Å². The smallest absolute Gasteiger partial charge is 0.298 e.